The quantitative estimate of drug-likeness (QED) is 0.139. The summed E-state index contributed by atoms with van der Waals surface area (Å²) in [5, 5.41) is 33.2. The summed E-state index contributed by atoms with van der Waals surface area (Å²) in [6, 6.07) is 11.4. The summed E-state index contributed by atoms with van der Waals surface area (Å²) in [5.41, 5.74) is 0.287. The molecule has 0 unspecified atom stereocenters. The van der Waals surface area contributed by atoms with Crippen molar-refractivity contribution in [1.29, 1.82) is 0 Å². The van der Waals surface area contributed by atoms with E-state index in [-0.39, 0.29) is 55.2 Å². The van der Waals surface area contributed by atoms with Crippen LogP contribution >= 0.6 is 0 Å². The van der Waals surface area contributed by atoms with E-state index < -0.39 is 22.3 Å². The second kappa shape index (κ2) is 12.6. The van der Waals surface area contributed by atoms with E-state index in [1.807, 2.05) is 24.3 Å². The Bertz CT molecular complexity index is 1360. The SMILES string of the molecule is COC(=O)CCCCN1C(=O)[C@@](O)([C@@H](C)/C=C/CC(=O)N2Cc3ccccc3C[C@H]2CO)c2cc([N+](=O)[O-])ccc21. The van der Waals surface area contributed by atoms with Crippen molar-refractivity contribution in [1.82, 2.24) is 4.90 Å². The minimum Gasteiger partial charge on any atom is -0.469 e. The second-order valence-corrected chi connectivity index (χ2v) is 10.5. The summed E-state index contributed by atoms with van der Waals surface area (Å²) in [6.45, 7) is 2.04. The molecule has 0 aliphatic carbocycles. The second-order valence-electron chi connectivity index (χ2n) is 10.5. The maximum atomic E-state index is 13.6. The van der Waals surface area contributed by atoms with Crippen molar-refractivity contribution in [2.24, 2.45) is 5.92 Å². The molecule has 0 fully saturated rings. The summed E-state index contributed by atoms with van der Waals surface area (Å²) in [6.07, 6.45) is 4.81. The average Bonchev–Trinajstić information content (AvgIpc) is 3.20. The molecule has 4 rings (SSSR count). The summed E-state index contributed by atoms with van der Waals surface area (Å²) >= 11 is 0. The number of rotatable bonds is 11. The van der Waals surface area contributed by atoms with E-state index in [2.05, 4.69) is 4.74 Å². The van der Waals surface area contributed by atoms with E-state index in [4.69, 9.17) is 0 Å². The van der Waals surface area contributed by atoms with Gasteiger partial charge in [-0.15, -0.1) is 0 Å². The standard InChI is InChI=1S/C30H35N3O8/c1-20(8-7-11-27(35)32-18-22-10-4-3-9-21(22)16-24(32)19-34)30(38)25-17-23(33(39)40)13-14-26(25)31(29(30)37)15-6-5-12-28(36)41-2/h3-4,7-10,13-14,17,20,24,34,38H,5-6,11-12,15-16,18-19H2,1-2H3/b8-7+/t20-,24-,30+/m0/s1. The molecule has 2 amide bonds. The Morgan fingerprint density at radius 2 is 1.95 bits per heavy atom. The molecule has 2 aromatic rings. The Balaban J connectivity index is 1.51. The molecule has 2 aliphatic heterocycles. The number of non-ortho nitro benzene ring substituents is 1. The number of fused-ring (bicyclic) bond motifs is 2. The Morgan fingerprint density at radius 1 is 1.22 bits per heavy atom. The third-order valence-corrected chi connectivity index (χ3v) is 7.97. The molecule has 11 nitrogen and oxygen atoms in total. The predicted octanol–water partition coefficient (Wildman–Crippen LogP) is 3.00. The van der Waals surface area contributed by atoms with Crippen LogP contribution in [-0.2, 0) is 37.7 Å². The first-order chi connectivity index (χ1) is 19.6. The number of anilines is 1. The van der Waals surface area contributed by atoms with E-state index >= 15 is 0 Å². The van der Waals surface area contributed by atoms with E-state index in [1.165, 1.54) is 30.2 Å². The van der Waals surface area contributed by atoms with Crippen LogP contribution in [0.1, 0.15) is 49.3 Å². The van der Waals surface area contributed by atoms with Gasteiger partial charge in [-0.1, -0.05) is 43.3 Å². The Labute approximate surface area is 238 Å². The normalized spacial score (nSPS) is 20.6. The van der Waals surface area contributed by atoms with Gasteiger partial charge in [0.25, 0.3) is 11.6 Å². The Morgan fingerprint density at radius 3 is 2.63 bits per heavy atom. The number of nitrogens with zero attached hydrogens (tertiary/aromatic N) is 3. The van der Waals surface area contributed by atoms with Gasteiger partial charge in [-0.25, -0.2) is 0 Å². The van der Waals surface area contributed by atoms with Gasteiger partial charge in [0.05, 0.1) is 30.4 Å². The molecule has 0 saturated heterocycles. The zero-order valence-electron chi connectivity index (χ0n) is 23.2. The van der Waals surface area contributed by atoms with Crippen LogP contribution in [-0.4, -0.2) is 64.1 Å². The minimum atomic E-state index is -2.08. The van der Waals surface area contributed by atoms with Gasteiger partial charge >= 0.3 is 5.97 Å². The highest BCUT2D eigenvalue weighted by atomic mass is 16.6. The highest BCUT2D eigenvalue weighted by Crippen LogP contribution is 2.46. The number of methoxy groups -OCH3 is 1. The molecule has 11 heteroatoms. The van der Waals surface area contributed by atoms with Crippen LogP contribution in [0.5, 0.6) is 0 Å². The summed E-state index contributed by atoms with van der Waals surface area (Å²) in [7, 11) is 1.30. The van der Waals surface area contributed by atoms with Gasteiger partial charge in [-0.05, 0) is 36.5 Å². The lowest BCUT2D eigenvalue weighted by atomic mass is 9.82. The largest absolute Gasteiger partial charge is 0.469 e. The van der Waals surface area contributed by atoms with Gasteiger partial charge in [0.2, 0.25) is 5.91 Å². The van der Waals surface area contributed by atoms with E-state index in [1.54, 1.807) is 24.0 Å². The zero-order chi connectivity index (χ0) is 29.7. The molecule has 2 N–H and O–H groups in total. The predicted molar refractivity (Wildman–Crippen MR) is 150 cm³/mol. The van der Waals surface area contributed by atoms with Crippen LogP contribution in [0.3, 0.4) is 0 Å². The third kappa shape index (κ3) is 6.01. The van der Waals surface area contributed by atoms with Crippen molar-refractivity contribution in [2.75, 3.05) is 25.2 Å². The first kappa shape index (κ1) is 29.9. The molecular weight excluding hydrogens is 530 g/mol. The van der Waals surface area contributed by atoms with Crippen molar-refractivity contribution in [3.8, 4) is 0 Å². The topological polar surface area (TPSA) is 151 Å². The molecule has 0 bridgehead atoms. The maximum absolute atomic E-state index is 13.6. The summed E-state index contributed by atoms with van der Waals surface area (Å²) in [5.74, 6) is -2.01. The first-order valence-corrected chi connectivity index (χ1v) is 13.7. The molecule has 0 spiro atoms. The summed E-state index contributed by atoms with van der Waals surface area (Å²) < 4.78 is 4.65. The molecule has 2 aromatic carbocycles. The lowest BCUT2D eigenvalue weighted by molar-refractivity contribution is -0.385. The Kier molecular flexibility index (Phi) is 9.19. The van der Waals surface area contributed by atoms with Gasteiger partial charge in [-0.2, -0.15) is 0 Å². The van der Waals surface area contributed by atoms with Gasteiger partial charge < -0.3 is 24.7 Å². The maximum Gasteiger partial charge on any atom is 0.305 e. The van der Waals surface area contributed by atoms with Crippen LogP contribution in [0.2, 0.25) is 0 Å². The van der Waals surface area contributed by atoms with Crippen LogP contribution < -0.4 is 4.90 Å². The highest BCUT2D eigenvalue weighted by molar-refractivity contribution is 6.07. The number of amides is 2. The lowest BCUT2D eigenvalue weighted by Gasteiger charge is -2.36. The highest BCUT2D eigenvalue weighted by Gasteiger charge is 2.53. The number of unbranched alkanes of at least 4 members (excludes halogenated alkanes) is 1. The van der Waals surface area contributed by atoms with Crippen LogP contribution in [0, 0.1) is 16.0 Å². The van der Waals surface area contributed by atoms with Gasteiger partial charge in [0, 0.05) is 49.5 Å². The van der Waals surface area contributed by atoms with Crippen LogP contribution in [0.25, 0.3) is 0 Å². The summed E-state index contributed by atoms with van der Waals surface area (Å²) in [4.78, 5) is 52.1. The van der Waals surface area contributed by atoms with Crippen molar-refractivity contribution in [3.05, 3.63) is 81.4 Å². The number of aliphatic hydroxyl groups is 2. The fraction of sp³-hybridized carbons (Fsp3) is 0.433. The zero-order valence-corrected chi connectivity index (χ0v) is 23.2. The molecule has 2 aliphatic rings. The van der Waals surface area contributed by atoms with Crippen molar-refractivity contribution >= 4 is 29.2 Å². The number of aliphatic hydroxyl groups excluding tert-OH is 1. The molecular formula is C30H35N3O8. The van der Waals surface area contributed by atoms with Gasteiger partial charge in [-0.3, -0.25) is 24.5 Å². The van der Waals surface area contributed by atoms with Crippen molar-refractivity contribution in [3.63, 3.8) is 0 Å². The third-order valence-electron chi connectivity index (χ3n) is 7.97. The van der Waals surface area contributed by atoms with Crippen molar-refractivity contribution in [2.45, 2.75) is 57.2 Å². The number of esters is 1. The number of nitro groups is 1. The fourth-order valence-corrected chi connectivity index (χ4v) is 5.58. The number of benzene rings is 2. The first-order valence-electron chi connectivity index (χ1n) is 13.7. The van der Waals surface area contributed by atoms with E-state index in [9.17, 15) is 34.7 Å². The molecule has 218 valence electrons. The number of hydrogen-bond donors (Lipinski definition) is 2. The fourth-order valence-electron chi connectivity index (χ4n) is 5.58. The number of carbonyl (C=O) groups excluding carboxylic acids is 3. The Hall–Kier alpha value is -4.09. The number of hydrogen-bond acceptors (Lipinski definition) is 8. The van der Waals surface area contributed by atoms with Crippen LogP contribution in [0.15, 0.2) is 54.6 Å². The van der Waals surface area contributed by atoms with E-state index in [0.717, 1.165) is 11.1 Å². The van der Waals surface area contributed by atoms with Gasteiger partial charge in [0.15, 0.2) is 5.60 Å². The lowest BCUT2D eigenvalue weighted by Crippen LogP contribution is -2.46. The number of ether oxygens (including phenoxy) is 1. The smallest absolute Gasteiger partial charge is 0.305 e. The molecule has 41 heavy (non-hydrogen) atoms. The minimum absolute atomic E-state index is 0.00762. The molecule has 3 atom stereocenters. The van der Waals surface area contributed by atoms with Crippen molar-refractivity contribution < 1.29 is 34.3 Å². The number of nitro benzene ring substituents is 1. The average molecular weight is 566 g/mol. The molecule has 0 saturated carbocycles. The number of carbonyl (C=O) groups is 3. The monoisotopic (exact) mass is 565 g/mol. The van der Waals surface area contributed by atoms with Crippen LogP contribution in [0.4, 0.5) is 11.4 Å². The van der Waals surface area contributed by atoms with E-state index in [0.29, 0.717) is 31.5 Å². The van der Waals surface area contributed by atoms with Gasteiger partial charge in [0.1, 0.15) is 0 Å². The molecule has 0 aromatic heterocycles. The molecule has 2 heterocycles. The molecule has 0 radical (unpaired) electrons.